The second-order valence-corrected chi connectivity index (χ2v) is 9.59. The van der Waals surface area contributed by atoms with E-state index in [1.807, 2.05) is 34.6 Å². The fourth-order valence-electron chi connectivity index (χ4n) is 3.91. The Bertz CT molecular complexity index is 424. The molecule has 26 heavy (non-hydrogen) atoms. The lowest BCUT2D eigenvalue weighted by Gasteiger charge is -2.41. The van der Waals surface area contributed by atoms with Gasteiger partial charge in [0.1, 0.15) is 5.78 Å². The molecule has 1 rings (SSSR count). The maximum atomic E-state index is 12.2. The molecular formula is C21H40O5. The minimum Gasteiger partial charge on any atom is -0.300 e. The van der Waals surface area contributed by atoms with Crippen LogP contribution in [0.1, 0.15) is 100 Å². The smallest absolute Gasteiger partial charge is 0.230 e. The lowest BCUT2D eigenvalue weighted by atomic mass is 9.70. The summed E-state index contributed by atoms with van der Waals surface area (Å²) in [7, 11) is 0. The highest BCUT2D eigenvalue weighted by molar-refractivity contribution is 5.80. The molecule has 0 aromatic rings. The number of rotatable bonds is 11. The van der Waals surface area contributed by atoms with Gasteiger partial charge in [-0.25, -0.2) is 19.6 Å². The molecule has 5 heteroatoms. The van der Waals surface area contributed by atoms with E-state index in [1.165, 1.54) is 0 Å². The van der Waals surface area contributed by atoms with Crippen LogP contribution in [-0.2, 0) is 24.3 Å². The normalized spacial score (nSPS) is 25.1. The minimum atomic E-state index is -0.749. The van der Waals surface area contributed by atoms with Gasteiger partial charge >= 0.3 is 0 Å². The number of hydrogen-bond acceptors (Lipinski definition) is 5. The number of hydrogen-bond donors (Lipinski definition) is 0. The highest BCUT2D eigenvalue weighted by atomic mass is 17.3. The van der Waals surface area contributed by atoms with Gasteiger partial charge in [0.25, 0.3) is 0 Å². The Balaban J connectivity index is 2.88. The van der Waals surface area contributed by atoms with Gasteiger partial charge in [-0.2, -0.15) is 0 Å². The first-order valence-corrected chi connectivity index (χ1v) is 10.1. The molecule has 0 aromatic heterocycles. The van der Waals surface area contributed by atoms with Crippen molar-refractivity contribution in [2.24, 2.45) is 11.3 Å². The molecule has 0 bridgehead atoms. The van der Waals surface area contributed by atoms with Crippen LogP contribution >= 0.6 is 0 Å². The van der Waals surface area contributed by atoms with Crippen molar-refractivity contribution in [3.63, 3.8) is 0 Å². The molecule has 0 radical (unpaired) electrons. The molecule has 0 heterocycles. The van der Waals surface area contributed by atoms with Crippen molar-refractivity contribution in [1.82, 2.24) is 0 Å². The van der Waals surface area contributed by atoms with Crippen molar-refractivity contribution in [3.05, 3.63) is 0 Å². The Morgan fingerprint density at radius 3 is 1.88 bits per heavy atom. The van der Waals surface area contributed by atoms with Gasteiger partial charge in [-0.05, 0) is 52.9 Å². The molecule has 2 unspecified atom stereocenters. The molecule has 0 saturated heterocycles. The average Bonchev–Trinajstić information content (AvgIpc) is 2.44. The van der Waals surface area contributed by atoms with Crippen LogP contribution in [0.15, 0.2) is 0 Å². The van der Waals surface area contributed by atoms with Crippen LogP contribution in [0, 0.1) is 11.3 Å². The lowest BCUT2D eigenvalue weighted by molar-refractivity contribution is -0.519. The van der Waals surface area contributed by atoms with Gasteiger partial charge in [0.05, 0.1) is 11.2 Å². The highest BCUT2D eigenvalue weighted by Gasteiger charge is 2.45. The first-order chi connectivity index (χ1) is 11.9. The third kappa shape index (κ3) is 7.63. The Morgan fingerprint density at radius 2 is 1.50 bits per heavy atom. The molecule has 2 atom stereocenters. The number of Topliss-reactive ketones (excluding diaryl/α,β-unsaturated/α-hetero) is 1. The van der Waals surface area contributed by atoms with Crippen LogP contribution < -0.4 is 0 Å². The maximum Gasteiger partial charge on any atom is 0.230 e. The van der Waals surface area contributed by atoms with Gasteiger partial charge in [-0.15, -0.1) is 0 Å². The minimum absolute atomic E-state index is 0.240. The SMILES string of the molecule is CCCC(C)(C)OOC(OOC(C)(C)CCC)C1(C)CC(=O)CC(C)C1. The molecule has 1 fully saturated rings. The number of carbonyl (C=O) groups excluding carboxylic acids is 1. The molecule has 5 nitrogen and oxygen atoms in total. The second-order valence-electron chi connectivity index (χ2n) is 9.59. The van der Waals surface area contributed by atoms with Crippen molar-refractivity contribution >= 4 is 5.78 Å². The summed E-state index contributed by atoms with van der Waals surface area (Å²) in [4.78, 5) is 35.2. The number of carbonyl (C=O) groups is 1. The van der Waals surface area contributed by atoms with E-state index in [1.54, 1.807) is 0 Å². The van der Waals surface area contributed by atoms with Crippen LogP contribution in [0.2, 0.25) is 0 Å². The standard InChI is InChI=1S/C21H40O5/c1-9-11-19(4,5)25-23-18(24-26-20(6,7)12-10-2)21(8)14-16(3)13-17(22)15-21/h16,18H,9-15H2,1-8H3. The fourth-order valence-corrected chi connectivity index (χ4v) is 3.91. The largest absolute Gasteiger partial charge is 0.300 e. The Kier molecular flexibility index (Phi) is 8.72. The molecule has 154 valence electrons. The van der Waals surface area contributed by atoms with E-state index in [2.05, 4.69) is 20.8 Å². The van der Waals surface area contributed by atoms with Crippen molar-refractivity contribution in [2.75, 3.05) is 0 Å². The lowest BCUT2D eigenvalue weighted by Crippen LogP contribution is -2.45. The van der Waals surface area contributed by atoms with E-state index in [0.29, 0.717) is 18.8 Å². The zero-order valence-corrected chi connectivity index (χ0v) is 18.1. The van der Waals surface area contributed by atoms with E-state index in [-0.39, 0.29) is 5.78 Å². The molecule has 1 aliphatic rings. The predicted octanol–water partition coefficient (Wildman–Crippen LogP) is 5.76. The van der Waals surface area contributed by atoms with Gasteiger partial charge in [-0.1, -0.05) is 40.5 Å². The first kappa shape index (κ1) is 23.5. The Morgan fingerprint density at radius 1 is 1.04 bits per heavy atom. The van der Waals surface area contributed by atoms with E-state index >= 15 is 0 Å². The second kappa shape index (κ2) is 9.63. The van der Waals surface area contributed by atoms with Crippen LogP contribution in [0.25, 0.3) is 0 Å². The average molecular weight is 373 g/mol. The summed E-state index contributed by atoms with van der Waals surface area (Å²) in [5.41, 5.74) is -1.31. The van der Waals surface area contributed by atoms with Gasteiger partial charge in [-0.3, -0.25) is 4.79 Å². The van der Waals surface area contributed by atoms with Crippen molar-refractivity contribution in [3.8, 4) is 0 Å². The molecule has 0 N–H and O–H groups in total. The third-order valence-corrected chi connectivity index (χ3v) is 4.99. The van der Waals surface area contributed by atoms with Crippen LogP contribution in [-0.4, -0.2) is 23.3 Å². The molecule has 1 saturated carbocycles. The van der Waals surface area contributed by atoms with Crippen LogP contribution in [0.4, 0.5) is 0 Å². The third-order valence-electron chi connectivity index (χ3n) is 4.99. The summed E-state index contributed by atoms with van der Waals surface area (Å²) in [6.45, 7) is 16.3. The van der Waals surface area contributed by atoms with E-state index in [4.69, 9.17) is 19.6 Å². The molecular weight excluding hydrogens is 332 g/mol. The summed E-state index contributed by atoms with van der Waals surface area (Å²) in [6, 6.07) is 0. The maximum absolute atomic E-state index is 12.2. The van der Waals surface area contributed by atoms with E-state index < -0.39 is 22.9 Å². The van der Waals surface area contributed by atoms with Crippen LogP contribution in [0.5, 0.6) is 0 Å². The van der Waals surface area contributed by atoms with Gasteiger partial charge in [0, 0.05) is 18.3 Å². The summed E-state index contributed by atoms with van der Waals surface area (Å²) >= 11 is 0. The Hall–Kier alpha value is -0.490. The van der Waals surface area contributed by atoms with Crippen LogP contribution in [0.3, 0.4) is 0 Å². The molecule has 1 aliphatic carbocycles. The van der Waals surface area contributed by atoms with Gasteiger partial charge in [0.15, 0.2) is 0 Å². The van der Waals surface area contributed by atoms with E-state index in [9.17, 15) is 4.79 Å². The van der Waals surface area contributed by atoms with Gasteiger partial charge < -0.3 is 0 Å². The summed E-state index contributed by atoms with van der Waals surface area (Å²) in [6.07, 6.45) is 4.84. The quantitative estimate of drug-likeness (QED) is 0.262. The zero-order chi connectivity index (χ0) is 20.0. The highest BCUT2D eigenvalue weighted by Crippen LogP contribution is 2.43. The zero-order valence-electron chi connectivity index (χ0n) is 18.1. The first-order valence-electron chi connectivity index (χ1n) is 10.1. The van der Waals surface area contributed by atoms with E-state index in [0.717, 1.165) is 32.1 Å². The van der Waals surface area contributed by atoms with Crippen molar-refractivity contribution in [2.45, 2.75) is 118 Å². The molecule has 0 aromatic carbocycles. The monoisotopic (exact) mass is 372 g/mol. The molecule has 0 spiro atoms. The number of ketones is 1. The fraction of sp³-hybridized carbons (Fsp3) is 0.952. The van der Waals surface area contributed by atoms with Crippen molar-refractivity contribution < 1.29 is 24.3 Å². The molecule has 0 amide bonds. The molecule has 0 aliphatic heterocycles. The topological polar surface area (TPSA) is 54.0 Å². The predicted molar refractivity (Wildman–Crippen MR) is 102 cm³/mol. The van der Waals surface area contributed by atoms with Gasteiger partial charge in [0.2, 0.25) is 6.29 Å². The summed E-state index contributed by atoms with van der Waals surface area (Å²) < 4.78 is 0. The Labute approximate surface area is 160 Å². The van der Waals surface area contributed by atoms with Crippen molar-refractivity contribution in [1.29, 1.82) is 0 Å². The summed E-state index contributed by atoms with van der Waals surface area (Å²) in [5.74, 6) is 0.535. The summed E-state index contributed by atoms with van der Waals surface area (Å²) in [5, 5.41) is 0.